The van der Waals surface area contributed by atoms with Crippen molar-refractivity contribution in [3.8, 4) is 0 Å². The molecule has 19 heavy (non-hydrogen) atoms. The lowest BCUT2D eigenvalue weighted by Crippen LogP contribution is -2.43. The third-order valence-electron chi connectivity index (χ3n) is 2.18. The number of carboxylic acids is 1. The minimum Gasteiger partial charge on any atom is -0.480 e. The molecule has 1 rings (SSSR count). The number of halogens is 2. The van der Waals surface area contributed by atoms with E-state index in [4.69, 9.17) is 22.4 Å². The van der Waals surface area contributed by atoms with Crippen molar-refractivity contribution in [3.05, 3.63) is 33.3 Å². The van der Waals surface area contributed by atoms with Crippen LogP contribution in [0.2, 0.25) is 5.02 Å². The molecule has 1 aromatic rings. The Kier molecular flexibility index (Phi) is 5.31. The summed E-state index contributed by atoms with van der Waals surface area (Å²) in [4.78, 5) is 33.4. The molecular formula is C11H10BrClN2O4. The largest absolute Gasteiger partial charge is 0.480 e. The molecule has 0 aromatic heterocycles. The molecule has 0 aliphatic rings. The van der Waals surface area contributed by atoms with Crippen LogP contribution >= 0.6 is 27.5 Å². The molecule has 6 nitrogen and oxygen atoms in total. The van der Waals surface area contributed by atoms with E-state index >= 15 is 0 Å². The van der Waals surface area contributed by atoms with Gasteiger partial charge in [0.2, 0.25) is 5.91 Å². The van der Waals surface area contributed by atoms with Crippen molar-refractivity contribution < 1.29 is 19.5 Å². The topological polar surface area (TPSA) is 109 Å². The summed E-state index contributed by atoms with van der Waals surface area (Å²) in [5.41, 5.74) is 5.02. The second kappa shape index (κ2) is 6.53. The van der Waals surface area contributed by atoms with E-state index < -0.39 is 30.2 Å². The van der Waals surface area contributed by atoms with Crippen LogP contribution in [0.5, 0.6) is 0 Å². The van der Waals surface area contributed by atoms with Gasteiger partial charge in [-0.3, -0.25) is 9.59 Å². The summed E-state index contributed by atoms with van der Waals surface area (Å²) < 4.78 is 0.681. The number of amides is 2. The highest BCUT2D eigenvalue weighted by Crippen LogP contribution is 2.21. The summed E-state index contributed by atoms with van der Waals surface area (Å²) in [5.74, 6) is -2.86. The molecule has 0 heterocycles. The van der Waals surface area contributed by atoms with Gasteiger partial charge in [-0.1, -0.05) is 27.5 Å². The quantitative estimate of drug-likeness (QED) is 0.741. The van der Waals surface area contributed by atoms with Crippen LogP contribution in [0.15, 0.2) is 22.7 Å². The smallest absolute Gasteiger partial charge is 0.326 e. The lowest BCUT2D eigenvalue weighted by Gasteiger charge is -2.13. The fourth-order valence-electron chi connectivity index (χ4n) is 1.31. The molecule has 4 N–H and O–H groups in total. The summed E-state index contributed by atoms with van der Waals surface area (Å²) in [6, 6.07) is 3.14. The number of hydrogen-bond donors (Lipinski definition) is 3. The summed E-state index contributed by atoms with van der Waals surface area (Å²) >= 11 is 9.04. The van der Waals surface area contributed by atoms with E-state index in [1.165, 1.54) is 12.1 Å². The Morgan fingerprint density at radius 1 is 1.42 bits per heavy atom. The maximum Gasteiger partial charge on any atom is 0.326 e. The van der Waals surface area contributed by atoms with Crippen LogP contribution in [0.25, 0.3) is 0 Å². The highest BCUT2D eigenvalue weighted by atomic mass is 79.9. The van der Waals surface area contributed by atoms with E-state index in [0.717, 1.165) is 0 Å². The monoisotopic (exact) mass is 348 g/mol. The van der Waals surface area contributed by atoms with Crippen molar-refractivity contribution in [2.24, 2.45) is 5.73 Å². The van der Waals surface area contributed by atoms with Gasteiger partial charge in [0.1, 0.15) is 6.04 Å². The van der Waals surface area contributed by atoms with Crippen molar-refractivity contribution in [2.45, 2.75) is 12.5 Å². The standard InChI is InChI=1S/C11H10BrClN2O4/c12-5-1-2-6(7(13)3-5)10(17)15-8(11(18)19)4-9(14)16/h1-3,8H,4H2,(H2,14,16)(H,15,17)(H,18,19)/t8-/m1/s1. The number of carbonyl (C=O) groups is 3. The molecule has 0 spiro atoms. The maximum absolute atomic E-state index is 11.8. The predicted molar refractivity (Wildman–Crippen MR) is 71.9 cm³/mol. The Morgan fingerprint density at radius 3 is 2.53 bits per heavy atom. The lowest BCUT2D eigenvalue weighted by atomic mass is 10.1. The zero-order valence-electron chi connectivity index (χ0n) is 9.52. The highest BCUT2D eigenvalue weighted by Gasteiger charge is 2.23. The summed E-state index contributed by atoms with van der Waals surface area (Å²) in [6.45, 7) is 0. The van der Waals surface area contributed by atoms with Gasteiger partial charge in [0.25, 0.3) is 5.91 Å². The molecule has 0 radical (unpaired) electrons. The first kappa shape index (κ1) is 15.5. The first-order valence-corrected chi connectivity index (χ1v) is 6.25. The van der Waals surface area contributed by atoms with Crippen molar-refractivity contribution in [1.82, 2.24) is 5.32 Å². The Hall–Kier alpha value is -1.60. The van der Waals surface area contributed by atoms with Gasteiger partial charge in [-0.15, -0.1) is 0 Å². The highest BCUT2D eigenvalue weighted by molar-refractivity contribution is 9.10. The van der Waals surface area contributed by atoms with Gasteiger partial charge in [0.05, 0.1) is 17.0 Å². The number of primary amides is 1. The van der Waals surface area contributed by atoms with Gasteiger partial charge in [0.15, 0.2) is 0 Å². The Bertz CT molecular complexity index is 535. The number of rotatable bonds is 5. The number of aliphatic carboxylic acids is 1. The molecule has 0 saturated carbocycles. The van der Waals surface area contributed by atoms with E-state index in [9.17, 15) is 14.4 Å². The SMILES string of the molecule is NC(=O)C[C@@H](NC(=O)c1ccc(Br)cc1Cl)C(=O)O. The van der Waals surface area contributed by atoms with E-state index in [1.54, 1.807) is 6.07 Å². The molecule has 8 heteroatoms. The first-order chi connectivity index (χ1) is 8.81. The normalized spacial score (nSPS) is 11.7. The third-order valence-corrected chi connectivity index (χ3v) is 2.99. The van der Waals surface area contributed by atoms with Crippen LogP contribution in [0.4, 0.5) is 0 Å². The number of benzene rings is 1. The van der Waals surface area contributed by atoms with Crippen LogP contribution in [0.1, 0.15) is 16.8 Å². The van der Waals surface area contributed by atoms with Crippen LogP contribution < -0.4 is 11.1 Å². The molecule has 102 valence electrons. The van der Waals surface area contributed by atoms with Gasteiger partial charge in [-0.25, -0.2) is 4.79 Å². The average molecular weight is 350 g/mol. The fraction of sp³-hybridized carbons (Fsp3) is 0.182. The molecule has 1 aromatic carbocycles. The maximum atomic E-state index is 11.8. The van der Waals surface area contributed by atoms with Crippen LogP contribution in [0.3, 0.4) is 0 Å². The number of nitrogens with one attached hydrogen (secondary N) is 1. The summed E-state index contributed by atoms with van der Waals surface area (Å²) in [7, 11) is 0. The molecule has 0 fully saturated rings. The minimum absolute atomic E-state index is 0.112. The van der Waals surface area contributed by atoms with Gasteiger partial charge in [-0.05, 0) is 18.2 Å². The first-order valence-electron chi connectivity index (χ1n) is 5.08. The summed E-state index contributed by atoms with van der Waals surface area (Å²) in [6.07, 6.45) is -0.491. The van der Waals surface area contributed by atoms with Crippen molar-refractivity contribution >= 4 is 45.3 Å². The third kappa shape index (κ3) is 4.53. The van der Waals surface area contributed by atoms with Gasteiger partial charge in [-0.2, -0.15) is 0 Å². The second-order valence-corrected chi connectivity index (χ2v) is 4.98. The molecule has 2 amide bonds. The van der Waals surface area contributed by atoms with Gasteiger partial charge >= 0.3 is 5.97 Å². The molecule has 0 aliphatic carbocycles. The number of nitrogens with two attached hydrogens (primary N) is 1. The lowest BCUT2D eigenvalue weighted by molar-refractivity contribution is -0.140. The van der Waals surface area contributed by atoms with Crippen molar-refractivity contribution in [1.29, 1.82) is 0 Å². The Labute approximate surface area is 122 Å². The van der Waals surface area contributed by atoms with Crippen molar-refractivity contribution in [2.75, 3.05) is 0 Å². The zero-order chi connectivity index (χ0) is 14.6. The fourth-order valence-corrected chi connectivity index (χ4v) is 2.07. The number of hydrogen-bond acceptors (Lipinski definition) is 3. The molecule has 0 saturated heterocycles. The number of carboxylic acid groups (broad SMARTS) is 1. The van der Waals surface area contributed by atoms with E-state index in [2.05, 4.69) is 21.2 Å². The Balaban J connectivity index is 2.87. The van der Waals surface area contributed by atoms with Crippen LogP contribution in [-0.4, -0.2) is 28.9 Å². The molecule has 0 aliphatic heterocycles. The molecular weight excluding hydrogens is 339 g/mol. The summed E-state index contributed by atoms with van der Waals surface area (Å²) in [5, 5.41) is 11.2. The zero-order valence-corrected chi connectivity index (χ0v) is 11.9. The Morgan fingerprint density at radius 2 is 2.05 bits per heavy atom. The van der Waals surface area contributed by atoms with E-state index in [0.29, 0.717) is 4.47 Å². The second-order valence-electron chi connectivity index (χ2n) is 3.66. The molecule has 0 bridgehead atoms. The van der Waals surface area contributed by atoms with Crippen LogP contribution in [-0.2, 0) is 9.59 Å². The van der Waals surface area contributed by atoms with Crippen molar-refractivity contribution in [3.63, 3.8) is 0 Å². The van der Waals surface area contributed by atoms with Gasteiger partial charge in [0, 0.05) is 4.47 Å². The van der Waals surface area contributed by atoms with Crippen LogP contribution in [0, 0.1) is 0 Å². The number of carbonyl (C=O) groups excluding carboxylic acids is 2. The average Bonchev–Trinajstić information content (AvgIpc) is 2.26. The predicted octanol–water partition coefficient (Wildman–Crippen LogP) is 1.16. The molecule has 0 unspecified atom stereocenters. The minimum atomic E-state index is -1.38. The van der Waals surface area contributed by atoms with E-state index in [1.807, 2.05) is 0 Å². The van der Waals surface area contributed by atoms with Gasteiger partial charge < -0.3 is 16.2 Å². The molecule has 1 atom stereocenters. The van der Waals surface area contributed by atoms with E-state index in [-0.39, 0.29) is 10.6 Å².